The second-order valence-corrected chi connectivity index (χ2v) is 11.8. The summed E-state index contributed by atoms with van der Waals surface area (Å²) in [6, 6.07) is 10.6. The fourth-order valence-corrected chi connectivity index (χ4v) is 6.73. The Hall–Kier alpha value is -0.213. The molecule has 1 aliphatic rings. The van der Waals surface area contributed by atoms with Crippen LogP contribution in [0.1, 0.15) is 0 Å². The standard InChI is InChI=1S/C11H18NOPSi/c1-15(2,3)12-9-10-13-14(12)11-7-5-4-6-8-11/h4-8H,9-10H2,1-3H3. The summed E-state index contributed by atoms with van der Waals surface area (Å²) in [4.78, 5) is 0. The monoisotopic (exact) mass is 239 g/mol. The van der Waals surface area contributed by atoms with E-state index in [0.29, 0.717) is 0 Å². The topological polar surface area (TPSA) is 12.5 Å². The Labute approximate surface area is 94.2 Å². The average Bonchev–Trinajstić information content (AvgIpc) is 2.67. The molecule has 1 saturated heterocycles. The maximum absolute atomic E-state index is 5.90. The molecule has 0 spiro atoms. The molecule has 1 aliphatic heterocycles. The fraction of sp³-hybridized carbons (Fsp3) is 0.455. The average molecular weight is 239 g/mol. The van der Waals surface area contributed by atoms with Crippen LogP contribution >= 0.6 is 8.30 Å². The summed E-state index contributed by atoms with van der Waals surface area (Å²) in [6.45, 7) is 9.17. The first kappa shape index (κ1) is 11.3. The van der Waals surface area contributed by atoms with Gasteiger partial charge in [0, 0.05) is 11.8 Å². The van der Waals surface area contributed by atoms with Crippen molar-refractivity contribution in [3.63, 3.8) is 0 Å². The van der Waals surface area contributed by atoms with Gasteiger partial charge >= 0.3 is 0 Å². The van der Waals surface area contributed by atoms with E-state index in [2.05, 4.69) is 54.3 Å². The van der Waals surface area contributed by atoms with Gasteiger partial charge in [0.1, 0.15) is 16.5 Å². The number of hydrogen-bond donors (Lipinski definition) is 0. The van der Waals surface area contributed by atoms with Gasteiger partial charge < -0.3 is 4.52 Å². The van der Waals surface area contributed by atoms with E-state index in [-0.39, 0.29) is 0 Å². The van der Waals surface area contributed by atoms with Crippen LogP contribution in [0.3, 0.4) is 0 Å². The van der Waals surface area contributed by atoms with E-state index < -0.39 is 16.5 Å². The van der Waals surface area contributed by atoms with Crippen LogP contribution < -0.4 is 5.30 Å². The van der Waals surface area contributed by atoms with Gasteiger partial charge in [0.25, 0.3) is 0 Å². The molecule has 0 radical (unpaired) electrons. The molecular weight excluding hydrogens is 221 g/mol. The Morgan fingerprint density at radius 2 is 1.87 bits per heavy atom. The van der Waals surface area contributed by atoms with Gasteiger partial charge in [-0.05, 0) is 0 Å². The zero-order valence-electron chi connectivity index (χ0n) is 9.60. The Bertz CT molecular complexity index is 325. The van der Waals surface area contributed by atoms with E-state index in [9.17, 15) is 0 Å². The summed E-state index contributed by atoms with van der Waals surface area (Å²) in [7, 11) is -1.73. The van der Waals surface area contributed by atoms with Crippen molar-refractivity contribution in [2.75, 3.05) is 13.2 Å². The molecule has 0 aliphatic carbocycles. The first-order valence-electron chi connectivity index (χ1n) is 5.35. The van der Waals surface area contributed by atoms with Crippen molar-refractivity contribution in [3.05, 3.63) is 30.3 Å². The molecule has 4 heteroatoms. The van der Waals surface area contributed by atoms with Gasteiger partial charge in [-0.2, -0.15) is 0 Å². The van der Waals surface area contributed by atoms with Crippen LogP contribution in [-0.2, 0) is 4.52 Å². The minimum absolute atomic E-state index is 0.497. The van der Waals surface area contributed by atoms with Crippen LogP contribution in [-0.4, -0.2) is 25.7 Å². The molecule has 1 unspecified atom stereocenters. The minimum Gasteiger partial charge on any atom is -0.339 e. The number of benzene rings is 1. The predicted octanol–water partition coefficient (Wildman–Crippen LogP) is 2.79. The lowest BCUT2D eigenvalue weighted by Gasteiger charge is -2.33. The van der Waals surface area contributed by atoms with Crippen LogP contribution in [0.25, 0.3) is 0 Å². The van der Waals surface area contributed by atoms with E-state index in [4.69, 9.17) is 4.52 Å². The maximum Gasteiger partial charge on any atom is 0.130 e. The second-order valence-electron chi connectivity index (χ2n) is 4.74. The van der Waals surface area contributed by atoms with Gasteiger partial charge in [-0.15, -0.1) is 0 Å². The number of rotatable bonds is 2. The fourth-order valence-electron chi connectivity index (χ4n) is 1.75. The van der Waals surface area contributed by atoms with Gasteiger partial charge in [-0.3, -0.25) is 4.34 Å². The summed E-state index contributed by atoms with van der Waals surface area (Å²) in [6.07, 6.45) is 0. The molecule has 1 aromatic carbocycles. The van der Waals surface area contributed by atoms with Crippen molar-refractivity contribution in [2.24, 2.45) is 0 Å². The molecule has 82 valence electrons. The van der Waals surface area contributed by atoms with Crippen molar-refractivity contribution >= 4 is 21.8 Å². The van der Waals surface area contributed by atoms with E-state index in [1.54, 1.807) is 0 Å². The first-order chi connectivity index (χ1) is 7.09. The largest absolute Gasteiger partial charge is 0.339 e. The maximum atomic E-state index is 5.90. The minimum atomic E-state index is -1.23. The molecule has 0 aromatic heterocycles. The Balaban J connectivity index is 2.23. The molecule has 0 amide bonds. The van der Waals surface area contributed by atoms with Crippen molar-refractivity contribution in [3.8, 4) is 0 Å². The summed E-state index contributed by atoms with van der Waals surface area (Å²) >= 11 is 0. The molecule has 0 N–H and O–H groups in total. The lowest BCUT2D eigenvalue weighted by atomic mass is 10.4. The van der Waals surface area contributed by atoms with Crippen LogP contribution in [0.4, 0.5) is 0 Å². The highest BCUT2D eigenvalue weighted by Crippen LogP contribution is 2.47. The van der Waals surface area contributed by atoms with Gasteiger partial charge in [-0.25, -0.2) is 0 Å². The van der Waals surface area contributed by atoms with Crippen LogP contribution in [0.15, 0.2) is 30.3 Å². The van der Waals surface area contributed by atoms with Gasteiger partial charge in [0.05, 0.1) is 6.61 Å². The van der Waals surface area contributed by atoms with Crippen molar-refractivity contribution in [1.29, 1.82) is 0 Å². The summed E-state index contributed by atoms with van der Waals surface area (Å²) < 4.78 is 8.51. The number of hydrogen-bond acceptors (Lipinski definition) is 2. The molecule has 1 atom stereocenters. The molecule has 1 fully saturated rings. The zero-order valence-corrected chi connectivity index (χ0v) is 11.5. The van der Waals surface area contributed by atoms with Crippen LogP contribution in [0, 0.1) is 0 Å². The molecule has 2 rings (SSSR count). The second kappa shape index (κ2) is 4.34. The quantitative estimate of drug-likeness (QED) is 0.581. The summed E-state index contributed by atoms with van der Waals surface area (Å²) in [5.41, 5.74) is 0. The first-order valence-corrected chi connectivity index (χ1v) is 10.0. The van der Waals surface area contributed by atoms with Gasteiger partial charge in [-0.1, -0.05) is 50.0 Å². The summed E-state index contributed by atoms with van der Waals surface area (Å²) in [5.74, 6) is 0. The highest BCUT2D eigenvalue weighted by Gasteiger charge is 2.36. The lowest BCUT2D eigenvalue weighted by molar-refractivity contribution is 0.399. The molecule has 15 heavy (non-hydrogen) atoms. The van der Waals surface area contributed by atoms with Crippen molar-refractivity contribution in [1.82, 2.24) is 4.34 Å². The van der Waals surface area contributed by atoms with Crippen molar-refractivity contribution < 1.29 is 4.52 Å². The molecular formula is C11H18NOPSi. The van der Waals surface area contributed by atoms with E-state index >= 15 is 0 Å². The van der Waals surface area contributed by atoms with Crippen molar-refractivity contribution in [2.45, 2.75) is 19.6 Å². The Morgan fingerprint density at radius 3 is 2.47 bits per heavy atom. The highest BCUT2D eigenvalue weighted by molar-refractivity contribution is 7.60. The molecule has 0 bridgehead atoms. The third-order valence-corrected chi connectivity index (χ3v) is 8.41. The van der Waals surface area contributed by atoms with E-state index in [1.165, 1.54) is 5.30 Å². The third-order valence-electron chi connectivity index (χ3n) is 2.49. The molecule has 1 aromatic rings. The summed E-state index contributed by atoms with van der Waals surface area (Å²) in [5, 5.41) is 1.35. The normalized spacial score (nSPS) is 23.3. The molecule has 2 nitrogen and oxygen atoms in total. The van der Waals surface area contributed by atoms with Gasteiger partial charge in [0.15, 0.2) is 0 Å². The zero-order chi connectivity index (χ0) is 10.9. The Morgan fingerprint density at radius 1 is 1.20 bits per heavy atom. The molecule has 1 heterocycles. The smallest absolute Gasteiger partial charge is 0.130 e. The van der Waals surface area contributed by atoms with E-state index in [0.717, 1.165) is 13.2 Å². The highest BCUT2D eigenvalue weighted by atomic mass is 31.2. The predicted molar refractivity (Wildman–Crippen MR) is 69.0 cm³/mol. The SMILES string of the molecule is C[Si](C)(C)N1CCOP1c1ccccc1. The molecule has 0 saturated carbocycles. The van der Waals surface area contributed by atoms with Crippen LogP contribution in [0.5, 0.6) is 0 Å². The van der Waals surface area contributed by atoms with E-state index in [1.807, 2.05) is 0 Å². The Kier molecular flexibility index (Phi) is 3.26. The van der Waals surface area contributed by atoms with Gasteiger partial charge in [0.2, 0.25) is 0 Å². The van der Waals surface area contributed by atoms with Crippen LogP contribution in [0.2, 0.25) is 19.6 Å². The third kappa shape index (κ3) is 2.48. The lowest BCUT2D eigenvalue weighted by Crippen LogP contribution is -2.42. The number of nitrogens with zero attached hydrogens (tertiary/aromatic N) is 1.